The summed E-state index contributed by atoms with van der Waals surface area (Å²) in [4.78, 5) is 26.0. The summed E-state index contributed by atoms with van der Waals surface area (Å²) in [6.45, 7) is 3.05. The summed E-state index contributed by atoms with van der Waals surface area (Å²) in [6.07, 6.45) is 2.54. The second-order valence-electron chi connectivity index (χ2n) is 6.51. The molecular weight excluding hydrogens is 312 g/mol. The van der Waals surface area contributed by atoms with Crippen LogP contribution >= 0.6 is 0 Å². The van der Waals surface area contributed by atoms with Crippen molar-refractivity contribution < 1.29 is 9.59 Å². The molecule has 0 aromatic heterocycles. The van der Waals surface area contributed by atoms with E-state index in [0.717, 1.165) is 18.5 Å². The van der Waals surface area contributed by atoms with E-state index in [4.69, 9.17) is 0 Å². The van der Waals surface area contributed by atoms with E-state index in [9.17, 15) is 9.59 Å². The van der Waals surface area contributed by atoms with Gasteiger partial charge in [-0.2, -0.15) is 0 Å². The van der Waals surface area contributed by atoms with Crippen LogP contribution in [0.2, 0.25) is 0 Å². The molecule has 3 rings (SSSR count). The van der Waals surface area contributed by atoms with Crippen molar-refractivity contribution in [1.82, 2.24) is 5.32 Å². The lowest BCUT2D eigenvalue weighted by molar-refractivity contribution is -0.121. The zero-order valence-corrected chi connectivity index (χ0v) is 14.6. The van der Waals surface area contributed by atoms with Crippen molar-refractivity contribution >= 4 is 17.5 Å². The van der Waals surface area contributed by atoms with Crippen molar-refractivity contribution in [2.45, 2.75) is 32.6 Å². The van der Waals surface area contributed by atoms with Crippen LogP contribution in [-0.4, -0.2) is 24.9 Å². The van der Waals surface area contributed by atoms with Gasteiger partial charge in [-0.3, -0.25) is 9.59 Å². The number of benzene rings is 2. The summed E-state index contributed by atoms with van der Waals surface area (Å²) in [5, 5.41) is 2.93. The van der Waals surface area contributed by atoms with E-state index in [1.54, 1.807) is 4.90 Å². The van der Waals surface area contributed by atoms with Crippen molar-refractivity contribution in [2.24, 2.45) is 0 Å². The summed E-state index contributed by atoms with van der Waals surface area (Å²) in [6, 6.07) is 16.2. The Labute approximate surface area is 148 Å². The molecule has 0 aliphatic carbocycles. The number of amides is 2. The minimum atomic E-state index is 0.0271. The number of carbonyl (C=O) groups is 2. The van der Waals surface area contributed by atoms with Crippen molar-refractivity contribution in [3.63, 3.8) is 0 Å². The van der Waals surface area contributed by atoms with E-state index < -0.39 is 0 Å². The van der Waals surface area contributed by atoms with Crippen LogP contribution in [0.3, 0.4) is 0 Å². The van der Waals surface area contributed by atoms with Crippen LogP contribution < -0.4 is 10.2 Å². The van der Waals surface area contributed by atoms with E-state index in [2.05, 4.69) is 30.4 Å². The Morgan fingerprint density at radius 2 is 1.96 bits per heavy atom. The SMILES string of the molecule is Cc1cccc(CCC(=O)NCCN2C(=O)CCc3ccccc32)c1. The highest BCUT2D eigenvalue weighted by molar-refractivity contribution is 5.96. The van der Waals surface area contributed by atoms with Gasteiger partial charge in [-0.15, -0.1) is 0 Å². The molecule has 1 heterocycles. The maximum absolute atomic E-state index is 12.2. The van der Waals surface area contributed by atoms with Crippen molar-refractivity contribution in [1.29, 1.82) is 0 Å². The molecule has 2 amide bonds. The topological polar surface area (TPSA) is 49.4 Å². The van der Waals surface area contributed by atoms with E-state index in [1.165, 1.54) is 16.7 Å². The number of rotatable bonds is 6. The number of hydrogen-bond acceptors (Lipinski definition) is 2. The largest absolute Gasteiger partial charge is 0.354 e. The Kier molecular flexibility index (Phi) is 5.49. The van der Waals surface area contributed by atoms with Crippen LogP contribution in [0.5, 0.6) is 0 Å². The number of nitrogens with zero attached hydrogens (tertiary/aromatic N) is 1. The van der Waals surface area contributed by atoms with Gasteiger partial charge in [0.2, 0.25) is 11.8 Å². The number of nitrogens with one attached hydrogen (secondary N) is 1. The fourth-order valence-corrected chi connectivity index (χ4v) is 3.26. The molecule has 1 aliphatic rings. The van der Waals surface area contributed by atoms with Gasteiger partial charge in [0.25, 0.3) is 0 Å². The number of carbonyl (C=O) groups excluding carboxylic acids is 2. The summed E-state index contributed by atoms with van der Waals surface area (Å²) in [5.41, 5.74) is 4.57. The first-order valence-electron chi connectivity index (χ1n) is 8.84. The Bertz CT molecular complexity index is 770. The zero-order valence-electron chi connectivity index (χ0n) is 14.6. The molecule has 1 N–H and O–H groups in total. The first-order chi connectivity index (χ1) is 12.1. The number of aryl methyl sites for hydroxylation is 3. The predicted octanol–water partition coefficient (Wildman–Crippen LogP) is 3.02. The third-order valence-electron chi connectivity index (χ3n) is 4.57. The Morgan fingerprint density at radius 1 is 1.12 bits per heavy atom. The van der Waals surface area contributed by atoms with Gasteiger partial charge in [0, 0.05) is 31.6 Å². The highest BCUT2D eigenvalue weighted by Crippen LogP contribution is 2.26. The van der Waals surface area contributed by atoms with Gasteiger partial charge in [-0.1, -0.05) is 48.0 Å². The van der Waals surface area contributed by atoms with Crippen LogP contribution in [-0.2, 0) is 22.4 Å². The molecule has 0 spiro atoms. The van der Waals surface area contributed by atoms with Gasteiger partial charge in [0.05, 0.1) is 0 Å². The van der Waals surface area contributed by atoms with Gasteiger partial charge in [-0.05, 0) is 37.0 Å². The average Bonchev–Trinajstić information content (AvgIpc) is 2.62. The molecule has 4 heteroatoms. The van der Waals surface area contributed by atoms with Crippen LogP contribution in [0.4, 0.5) is 5.69 Å². The maximum atomic E-state index is 12.2. The van der Waals surface area contributed by atoms with E-state index in [1.807, 2.05) is 30.3 Å². The molecule has 0 saturated heterocycles. The third kappa shape index (κ3) is 4.47. The second kappa shape index (κ2) is 7.97. The monoisotopic (exact) mass is 336 g/mol. The van der Waals surface area contributed by atoms with Gasteiger partial charge in [0.1, 0.15) is 0 Å². The minimum Gasteiger partial charge on any atom is -0.354 e. The Balaban J connectivity index is 1.48. The zero-order chi connectivity index (χ0) is 17.6. The highest BCUT2D eigenvalue weighted by atomic mass is 16.2. The lowest BCUT2D eigenvalue weighted by Crippen LogP contribution is -2.41. The van der Waals surface area contributed by atoms with Crippen molar-refractivity contribution in [2.75, 3.05) is 18.0 Å². The van der Waals surface area contributed by atoms with Gasteiger partial charge in [-0.25, -0.2) is 0 Å². The summed E-state index contributed by atoms with van der Waals surface area (Å²) in [5.74, 6) is 0.159. The Morgan fingerprint density at radius 3 is 2.80 bits per heavy atom. The molecule has 0 saturated carbocycles. The summed E-state index contributed by atoms with van der Waals surface area (Å²) >= 11 is 0. The van der Waals surface area contributed by atoms with Crippen molar-refractivity contribution in [3.05, 3.63) is 65.2 Å². The van der Waals surface area contributed by atoms with Crippen LogP contribution in [0, 0.1) is 6.92 Å². The minimum absolute atomic E-state index is 0.0271. The van der Waals surface area contributed by atoms with Gasteiger partial charge < -0.3 is 10.2 Å². The second-order valence-corrected chi connectivity index (χ2v) is 6.51. The summed E-state index contributed by atoms with van der Waals surface area (Å²) < 4.78 is 0. The first kappa shape index (κ1) is 17.2. The van der Waals surface area contributed by atoms with E-state index >= 15 is 0 Å². The molecule has 130 valence electrons. The standard InChI is InChI=1S/C21H24N2O2/c1-16-5-4-6-17(15-16)9-11-20(24)22-13-14-23-19-8-3-2-7-18(19)10-12-21(23)25/h2-8,15H,9-14H2,1H3,(H,22,24). The molecule has 4 nitrogen and oxygen atoms in total. The normalized spacial score (nSPS) is 13.5. The van der Waals surface area contributed by atoms with E-state index in [0.29, 0.717) is 25.9 Å². The highest BCUT2D eigenvalue weighted by Gasteiger charge is 2.23. The van der Waals surface area contributed by atoms with Crippen LogP contribution in [0.25, 0.3) is 0 Å². The lowest BCUT2D eigenvalue weighted by Gasteiger charge is -2.29. The van der Waals surface area contributed by atoms with Crippen molar-refractivity contribution in [3.8, 4) is 0 Å². The average molecular weight is 336 g/mol. The van der Waals surface area contributed by atoms with Gasteiger partial charge >= 0.3 is 0 Å². The number of hydrogen-bond donors (Lipinski definition) is 1. The molecule has 2 aromatic carbocycles. The first-order valence-corrected chi connectivity index (χ1v) is 8.84. The lowest BCUT2D eigenvalue weighted by atomic mass is 10.0. The van der Waals surface area contributed by atoms with Crippen LogP contribution in [0.1, 0.15) is 29.5 Å². The molecule has 0 fully saturated rings. The summed E-state index contributed by atoms with van der Waals surface area (Å²) in [7, 11) is 0. The molecule has 2 aromatic rings. The van der Waals surface area contributed by atoms with E-state index in [-0.39, 0.29) is 11.8 Å². The fourth-order valence-electron chi connectivity index (χ4n) is 3.26. The number of fused-ring (bicyclic) bond motifs is 1. The molecule has 0 radical (unpaired) electrons. The molecule has 1 aliphatic heterocycles. The van der Waals surface area contributed by atoms with Crippen LogP contribution in [0.15, 0.2) is 48.5 Å². The fraction of sp³-hybridized carbons (Fsp3) is 0.333. The number of anilines is 1. The molecule has 0 atom stereocenters. The maximum Gasteiger partial charge on any atom is 0.227 e. The van der Waals surface area contributed by atoms with Gasteiger partial charge in [0.15, 0.2) is 0 Å². The molecule has 0 bridgehead atoms. The Hall–Kier alpha value is -2.62. The smallest absolute Gasteiger partial charge is 0.227 e. The molecule has 0 unspecified atom stereocenters. The predicted molar refractivity (Wildman–Crippen MR) is 99.6 cm³/mol. The molecular formula is C21H24N2O2. The molecule has 25 heavy (non-hydrogen) atoms. The number of para-hydroxylation sites is 1. The third-order valence-corrected chi connectivity index (χ3v) is 4.57. The quantitative estimate of drug-likeness (QED) is 0.881.